The number of carbonyl (C=O) groups excluding carboxylic acids is 1. The molecule has 5 heteroatoms. The number of amides is 1. The lowest BCUT2D eigenvalue weighted by Crippen LogP contribution is -2.21. The Morgan fingerprint density at radius 1 is 0.958 bits per heavy atom. The molecule has 0 aliphatic heterocycles. The maximum Gasteiger partial charge on any atom is 0.243 e. The first kappa shape index (κ1) is 17.8. The molecule has 1 N–H and O–H groups in total. The van der Waals surface area contributed by atoms with Gasteiger partial charge >= 0.3 is 0 Å². The summed E-state index contributed by atoms with van der Waals surface area (Å²) in [5, 5.41) is 0. The Bertz CT molecular complexity index is 640. The summed E-state index contributed by atoms with van der Waals surface area (Å²) in [5.74, 6) is 1.55. The second kappa shape index (κ2) is 9.57. The van der Waals surface area contributed by atoms with Crippen molar-refractivity contribution in [2.24, 2.45) is 0 Å². The summed E-state index contributed by atoms with van der Waals surface area (Å²) >= 11 is 0. The smallest absolute Gasteiger partial charge is 0.243 e. The third kappa shape index (κ3) is 5.93. The molecule has 0 heterocycles. The number of ether oxygens (including phenoxy) is 2. The molecule has 0 atom stereocenters. The van der Waals surface area contributed by atoms with E-state index in [1.54, 1.807) is 7.11 Å². The van der Waals surface area contributed by atoms with Gasteiger partial charge in [-0.15, -0.1) is 0 Å². The van der Waals surface area contributed by atoms with Crippen LogP contribution in [0.2, 0.25) is 0 Å². The van der Waals surface area contributed by atoms with Crippen LogP contribution in [0.4, 0.5) is 0 Å². The fourth-order valence-corrected chi connectivity index (χ4v) is 2.29. The zero-order valence-electron chi connectivity index (χ0n) is 14.1. The molecule has 1 amide bonds. The number of nitrogens with one attached hydrogen (secondary N) is 1. The predicted molar refractivity (Wildman–Crippen MR) is 92.1 cm³/mol. The molecule has 2 aromatic carbocycles. The molecule has 0 spiro atoms. The summed E-state index contributed by atoms with van der Waals surface area (Å²) in [6.07, 6.45) is 1.87. The van der Waals surface area contributed by atoms with Crippen molar-refractivity contribution in [3.8, 4) is 11.5 Å². The minimum Gasteiger partial charge on any atom is -0.497 e. The van der Waals surface area contributed by atoms with Crippen LogP contribution in [0.5, 0.6) is 11.5 Å². The van der Waals surface area contributed by atoms with Crippen molar-refractivity contribution in [2.75, 3.05) is 20.8 Å². The first-order valence-electron chi connectivity index (χ1n) is 7.88. The van der Waals surface area contributed by atoms with Crippen LogP contribution in [0.15, 0.2) is 48.5 Å². The molecule has 0 radical (unpaired) electrons. The predicted octanol–water partition coefficient (Wildman–Crippen LogP) is 2.93. The quantitative estimate of drug-likeness (QED) is 0.719. The number of aryl methyl sites for hydroxylation is 1. The van der Waals surface area contributed by atoms with E-state index in [2.05, 4.69) is 16.4 Å². The zero-order chi connectivity index (χ0) is 17.2. The van der Waals surface area contributed by atoms with Crippen molar-refractivity contribution in [1.29, 1.82) is 0 Å². The maximum absolute atomic E-state index is 11.3. The van der Waals surface area contributed by atoms with E-state index in [1.165, 1.54) is 12.7 Å². The second-order valence-corrected chi connectivity index (χ2v) is 5.32. The van der Waals surface area contributed by atoms with E-state index in [4.69, 9.17) is 9.47 Å². The summed E-state index contributed by atoms with van der Waals surface area (Å²) in [6, 6.07) is 15.8. The van der Waals surface area contributed by atoms with Gasteiger partial charge in [0.2, 0.25) is 5.91 Å². The number of benzene rings is 2. The molecule has 24 heavy (non-hydrogen) atoms. The normalized spacial score (nSPS) is 10.2. The van der Waals surface area contributed by atoms with Crippen LogP contribution in [-0.4, -0.2) is 26.7 Å². The molecule has 5 nitrogen and oxygen atoms in total. The van der Waals surface area contributed by atoms with Crippen LogP contribution in [0, 0.1) is 0 Å². The van der Waals surface area contributed by atoms with Crippen molar-refractivity contribution in [3.63, 3.8) is 0 Å². The van der Waals surface area contributed by atoms with Crippen molar-refractivity contribution in [3.05, 3.63) is 59.7 Å². The van der Waals surface area contributed by atoms with Gasteiger partial charge in [-0.3, -0.25) is 9.63 Å². The molecule has 0 aromatic heterocycles. The topological polar surface area (TPSA) is 56.8 Å². The first-order valence-corrected chi connectivity index (χ1v) is 7.88. The Morgan fingerprint density at radius 2 is 1.75 bits per heavy atom. The zero-order valence-corrected chi connectivity index (χ0v) is 14.1. The SMILES string of the molecule is CONC(=O)CCc1ccc(OCCc2cccc(OC)c2)cc1. The summed E-state index contributed by atoms with van der Waals surface area (Å²) < 4.78 is 11.0. The number of rotatable bonds is 9. The first-order chi connectivity index (χ1) is 11.7. The van der Waals surface area contributed by atoms with Gasteiger partial charge in [0.1, 0.15) is 11.5 Å². The lowest BCUT2D eigenvalue weighted by atomic mass is 10.1. The van der Waals surface area contributed by atoms with E-state index >= 15 is 0 Å². The van der Waals surface area contributed by atoms with Crippen LogP contribution in [0.1, 0.15) is 17.5 Å². The van der Waals surface area contributed by atoms with E-state index in [9.17, 15) is 4.79 Å². The van der Waals surface area contributed by atoms with Gasteiger partial charge in [0.15, 0.2) is 0 Å². The number of hydroxylamine groups is 1. The van der Waals surface area contributed by atoms with E-state index in [0.717, 1.165) is 23.5 Å². The van der Waals surface area contributed by atoms with E-state index in [-0.39, 0.29) is 5.91 Å². The highest BCUT2D eigenvalue weighted by Crippen LogP contribution is 2.16. The largest absolute Gasteiger partial charge is 0.497 e. The molecule has 0 saturated carbocycles. The fourth-order valence-electron chi connectivity index (χ4n) is 2.29. The van der Waals surface area contributed by atoms with Crippen LogP contribution >= 0.6 is 0 Å². The Labute approximate surface area is 142 Å². The Kier molecular flexibility index (Phi) is 7.11. The maximum atomic E-state index is 11.3. The van der Waals surface area contributed by atoms with Gasteiger partial charge in [0.05, 0.1) is 20.8 Å². The van der Waals surface area contributed by atoms with Crippen LogP contribution in [0.25, 0.3) is 0 Å². The van der Waals surface area contributed by atoms with Gasteiger partial charge in [-0.05, 0) is 41.8 Å². The Balaban J connectivity index is 1.76. The number of carbonyl (C=O) groups is 1. The molecule has 0 bridgehead atoms. The Morgan fingerprint density at radius 3 is 2.46 bits per heavy atom. The third-order valence-electron chi connectivity index (χ3n) is 3.57. The van der Waals surface area contributed by atoms with Gasteiger partial charge in [-0.2, -0.15) is 0 Å². The van der Waals surface area contributed by atoms with Gasteiger partial charge in [0.25, 0.3) is 0 Å². The van der Waals surface area contributed by atoms with Crippen molar-refractivity contribution in [1.82, 2.24) is 5.48 Å². The average Bonchev–Trinajstić information content (AvgIpc) is 2.61. The molecule has 0 fully saturated rings. The summed E-state index contributed by atoms with van der Waals surface area (Å²) in [5.41, 5.74) is 4.57. The lowest BCUT2D eigenvalue weighted by molar-refractivity contribution is -0.131. The molecular formula is C19H23NO4. The fraction of sp³-hybridized carbons (Fsp3) is 0.316. The average molecular weight is 329 g/mol. The highest BCUT2D eigenvalue weighted by atomic mass is 16.6. The molecule has 2 rings (SSSR count). The van der Waals surface area contributed by atoms with Crippen LogP contribution in [-0.2, 0) is 22.5 Å². The second-order valence-electron chi connectivity index (χ2n) is 5.32. The third-order valence-corrected chi connectivity index (χ3v) is 3.57. The van der Waals surface area contributed by atoms with Crippen LogP contribution in [0.3, 0.4) is 0 Å². The van der Waals surface area contributed by atoms with Crippen LogP contribution < -0.4 is 15.0 Å². The van der Waals surface area contributed by atoms with E-state index in [0.29, 0.717) is 19.4 Å². The lowest BCUT2D eigenvalue weighted by Gasteiger charge is -2.08. The highest BCUT2D eigenvalue weighted by molar-refractivity contribution is 5.75. The minimum atomic E-state index is -0.129. The molecule has 128 valence electrons. The van der Waals surface area contributed by atoms with Gasteiger partial charge in [-0.1, -0.05) is 24.3 Å². The van der Waals surface area contributed by atoms with E-state index < -0.39 is 0 Å². The van der Waals surface area contributed by atoms with Crippen molar-refractivity contribution in [2.45, 2.75) is 19.3 Å². The minimum absolute atomic E-state index is 0.129. The molecule has 0 saturated heterocycles. The van der Waals surface area contributed by atoms with Gasteiger partial charge in [-0.25, -0.2) is 5.48 Å². The standard InChI is InChI=1S/C19H23NO4/c1-22-18-5-3-4-16(14-18)12-13-24-17-9-6-15(7-10-17)8-11-19(21)20-23-2/h3-7,9-10,14H,8,11-13H2,1-2H3,(H,20,21). The molecular weight excluding hydrogens is 306 g/mol. The van der Waals surface area contributed by atoms with Gasteiger partial charge < -0.3 is 9.47 Å². The Hall–Kier alpha value is -2.53. The molecule has 0 aliphatic carbocycles. The summed E-state index contributed by atoms with van der Waals surface area (Å²) in [4.78, 5) is 15.9. The van der Waals surface area contributed by atoms with Gasteiger partial charge in [0, 0.05) is 12.8 Å². The molecule has 0 aliphatic rings. The number of methoxy groups -OCH3 is 1. The molecule has 2 aromatic rings. The summed E-state index contributed by atoms with van der Waals surface area (Å²) in [7, 11) is 3.09. The summed E-state index contributed by atoms with van der Waals surface area (Å²) in [6.45, 7) is 0.600. The highest BCUT2D eigenvalue weighted by Gasteiger charge is 2.02. The van der Waals surface area contributed by atoms with Crippen molar-refractivity contribution < 1.29 is 19.1 Å². The van der Waals surface area contributed by atoms with E-state index in [1.807, 2.05) is 42.5 Å². The van der Waals surface area contributed by atoms with Crippen molar-refractivity contribution >= 4 is 5.91 Å². The number of hydrogen-bond donors (Lipinski definition) is 1. The molecule has 0 unspecified atom stereocenters. The monoisotopic (exact) mass is 329 g/mol. The number of hydrogen-bond acceptors (Lipinski definition) is 4.